The van der Waals surface area contributed by atoms with Gasteiger partial charge in [-0.3, -0.25) is 4.79 Å². The van der Waals surface area contributed by atoms with Gasteiger partial charge in [-0.1, -0.05) is 18.0 Å². The summed E-state index contributed by atoms with van der Waals surface area (Å²) in [6, 6.07) is 6.35. The van der Waals surface area contributed by atoms with Crippen molar-refractivity contribution in [2.75, 3.05) is 26.2 Å². The molecule has 1 aromatic carbocycles. The Balaban J connectivity index is 1.42. The molecule has 9 nitrogen and oxygen atoms in total. The van der Waals surface area contributed by atoms with Crippen LogP contribution in [0.15, 0.2) is 33.7 Å². The number of nitrogens with zero attached hydrogens (tertiary/aromatic N) is 3. The molecule has 0 aliphatic carbocycles. The molecule has 2 saturated heterocycles. The first-order chi connectivity index (χ1) is 14.5. The SMILES string of the molecule is O=C(NCC1CCCO1)c1nc(-c2ccc(S(=O)(=O)N3CCCCCC3)cc2)no1. The smallest absolute Gasteiger partial charge is 0.316 e. The minimum atomic E-state index is -3.51. The number of carbonyl (C=O) groups is 1. The zero-order valence-electron chi connectivity index (χ0n) is 16.7. The minimum Gasteiger partial charge on any atom is -0.376 e. The van der Waals surface area contributed by atoms with E-state index in [1.807, 2.05) is 0 Å². The van der Waals surface area contributed by atoms with Crippen molar-refractivity contribution < 1.29 is 22.5 Å². The van der Waals surface area contributed by atoms with Gasteiger partial charge in [0.05, 0.1) is 11.0 Å². The van der Waals surface area contributed by atoms with E-state index in [1.165, 1.54) is 0 Å². The van der Waals surface area contributed by atoms with Gasteiger partial charge in [-0.15, -0.1) is 0 Å². The van der Waals surface area contributed by atoms with E-state index >= 15 is 0 Å². The molecular weight excluding hydrogens is 408 g/mol. The molecule has 0 radical (unpaired) electrons. The van der Waals surface area contributed by atoms with Gasteiger partial charge < -0.3 is 14.6 Å². The van der Waals surface area contributed by atoms with Crippen LogP contribution in [0, 0.1) is 0 Å². The first kappa shape index (κ1) is 21.0. The summed E-state index contributed by atoms with van der Waals surface area (Å²) in [5.74, 6) is -0.357. The molecule has 2 aromatic rings. The van der Waals surface area contributed by atoms with Crippen LogP contribution in [0.4, 0.5) is 0 Å². The second-order valence-corrected chi connectivity index (χ2v) is 9.55. The fourth-order valence-corrected chi connectivity index (χ4v) is 5.24. The Labute approximate surface area is 175 Å². The average molecular weight is 435 g/mol. The Hall–Kier alpha value is -2.30. The van der Waals surface area contributed by atoms with Crippen molar-refractivity contribution in [2.45, 2.75) is 49.5 Å². The van der Waals surface area contributed by atoms with Crippen molar-refractivity contribution in [3.05, 3.63) is 30.2 Å². The normalized spacial score (nSPS) is 20.7. The number of carbonyl (C=O) groups excluding carboxylic acids is 1. The van der Waals surface area contributed by atoms with Crippen LogP contribution in [0.3, 0.4) is 0 Å². The van der Waals surface area contributed by atoms with E-state index in [9.17, 15) is 13.2 Å². The number of rotatable bonds is 6. The maximum atomic E-state index is 12.9. The maximum absolute atomic E-state index is 12.9. The van der Waals surface area contributed by atoms with Crippen molar-refractivity contribution in [3.8, 4) is 11.4 Å². The average Bonchev–Trinajstić information content (AvgIpc) is 3.39. The summed E-state index contributed by atoms with van der Waals surface area (Å²) in [7, 11) is -3.51. The Morgan fingerprint density at radius 3 is 2.50 bits per heavy atom. The van der Waals surface area contributed by atoms with Gasteiger partial charge >= 0.3 is 11.8 Å². The highest BCUT2D eigenvalue weighted by Crippen LogP contribution is 2.23. The fourth-order valence-electron chi connectivity index (χ4n) is 3.73. The summed E-state index contributed by atoms with van der Waals surface area (Å²) in [5, 5.41) is 6.57. The van der Waals surface area contributed by atoms with Crippen LogP contribution in [0.2, 0.25) is 0 Å². The molecule has 1 unspecified atom stereocenters. The van der Waals surface area contributed by atoms with Crippen molar-refractivity contribution in [1.82, 2.24) is 19.8 Å². The quantitative estimate of drug-likeness (QED) is 0.741. The van der Waals surface area contributed by atoms with Crippen LogP contribution in [-0.4, -0.2) is 61.1 Å². The summed E-state index contributed by atoms with van der Waals surface area (Å²) in [6.07, 6.45) is 5.83. The number of benzene rings is 1. The molecular formula is C20H26N4O5S. The van der Waals surface area contributed by atoms with Gasteiger partial charge in [0.15, 0.2) is 0 Å². The first-order valence-corrected chi connectivity index (χ1v) is 11.8. The number of hydrogen-bond acceptors (Lipinski definition) is 7. The van der Waals surface area contributed by atoms with Crippen molar-refractivity contribution in [1.29, 1.82) is 0 Å². The highest BCUT2D eigenvalue weighted by Gasteiger charge is 2.25. The summed E-state index contributed by atoms with van der Waals surface area (Å²) < 4.78 is 37.8. The predicted octanol–water partition coefficient (Wildman–Crippen LogP) is 2.21. The van der Waals surface area contributed by atoms with Crippen molar-refractivity contribution in [2.24, 2.45) is 0 Å². The van der Waals surface area contributed by atoms with Gasteiger partial charge in [0.2, 0.25) is 15.8 Å². The van der Waals surface area contributed by atoms with Gasteiger partial charge in [-0.2, -0.15) is 9.29 Å². The van der Waals surface area contributed by atoms with Gasteiger partial charge in [0, 0.05) is 31.8 Å². The molecule has 0 bridgehead atoms. The molecule has 30 heavy (non-hydrogen) atoms. The molecule has 1 aromatic heterocycles. The summed E-state index contributed by atoms with van der Waals surface area (Å²) in [4.78, 5) is 16.6. The highest BCUT2D eigenvalue weighted by atomic mass is 32.2. The molecule has 0 saturated carbocycles. The number of nitrogens with one attached hydrogen (secondary N) is 1. The summed E-state index contributed by atoms with van der Waals surface area (Å²) in [6.45, 7) is 2.23. The van der Waals surface area contributed by atoms with Crippen LogP contribution in [0.5, 0.6) is 0 Å². The number of ether oxygens (including phenoxy) is 1. The van der Waals surface area contributed by atoms with E-state index in [4.69, 9.17) is 9.26 Å². The van der Waals surface area contributed by atoms with Gasteiger partial charge in [0.25, 0.3) is 0 Å². The molecule has 1 amide bonds. The van der Waals surface area contributed by atoms with Crippen LogP contribution < -0.4 is 5.32 Å². The number of amides is 1. The van der Waals surface area contributed by atoms with Crippen molar-refractivity contribution >= 4 is 15.9 Å². The van der Waals surface area contributed by atoms with Gasteiger partial charge in [-0.05, 0) is 49.9 Å². The molecule has 4 rings (SSSR count). The first-order valence-electron chi connectivity index (χ1n) is 10.4. The van der Waals surface area contributed by atoms with Crippen LogP contribution in [-0.2, 0) is 14.8 Å². The second kappa shape index (κ2) is 9.23. The molecule has 2 fully saturated rings. The monoisotopic (exact) mass is 434 g/mol. The standard InChI is InChI=1S/C20H26N4O5S/c25-19(21-14-16-6-5-13-28-16)20-22-18(23-29-20)15-7-9-17(10-8-15)30(26,27)24-11-3-1-2-4-12-24/h7-10,16H,1-6,11-14H2,(H,21,25). The van der Waals surface area contributed by atoms with E-state index in [0.29, 0.717) is 31.8 Å². The largest absolute Gasteiger partial charge is 0.376 e. The van der Waals surface area contributed by atoms with Gasteiger partial charge in [-0.25, -0.2) is 8.42 Å². The van der Waals surface area contributed by atoms with E-state index in [-0.39, 0.29) is 22.7 Å². The maximum Gasteiger partial charge on any atom is 0.316 e. The van der Waals surface area contributed by atoms with E-state index in [1.54, 1.807) is 28.6 Å². The molecule has 10 heteroatoms. The Kier molecular flexibility index (Phi) is 6.45. The lowest BCUT2D eigenvalue weighted by molar-refractivity contribution is 0.0822. The second-order valence-electron chi connectivity index (χ2n) is 7.61. The molecule has 3 heterocycles. The molecule has 1 N–H and O–H groups in total. The highest BCUT2D eigenvalue weighted by molar-refractivity contribution is 7.89. The Morgan fingerprint density at radius 1 is 1.10 bits per heavy atom. The molecule has 2 aliphatic rings. The van der Waals surface area contributed by atoms with E-state index in [0.717, 1.165) is 38.5 Å². The zero-order valence-corrected chi connectivity index (χ0v) is 17.6. The molecule has 162 valence electrons. The molecule has 2 aliphatic heterocycles. The lowest BCUT2D eigenvalue weighted by Gasteiger charge is -2.19. The van der Waals surface area contributed by atoms with E-state index < -0.39 is 15.9 Å². The lowest BCUT2D eigenvalue weighted by atomic mass is 10.2. The zero-order chi connectivity index (χ0) is 21.0. The number of aromatic nitrogens is 2. The topological polar surface area (TPSA) is 115 Å². The summed E-state index contributed by atoms with van der Waals surface area (Å²) in [5.41, 5.74) is 0.576. The van der Waals surface area contributed by atoms with Gasteiger partial charge in [0.1, 0.15) is 0 Å². The van der Waals surface area contributed by atoms with E-state index in [2.05, 4.69) is 15.5 Å². The summed E-state index contributed by atoms with van der Waals surface area (Å²) >= 11 is 0. The van der Waals surface area contributed by atoms with Crippen LogP contribution in [0.1, 0.15) is 49.2 Å². The molecule has 1 atom stereocenters. The Morgan fingerprint density at radius 2 is 1.83 bits per heavy atom. The molecule has 0 spiro atoms. The third kappa shape index (κ3) is 4.71. The van der Waals surface area contributed by atoms with Crippen LogP contribution in [0.25, 0.3) is 11.4 Å². The third-order valence-electron chi connectivity index (χ3n) is 5.45. The van der Waals surface area contributed by atoms with Crippen LogP contribution >= 0.6 is 0 Å². The number of sulfonamides is 1. The third-order valence-corrected chi connectivity index (χ3v) is 7.36. The Bertz CT molecular complexity index is 959. The van der Waals surface area contributed by atoms with Crippen molar-refractivity contribution in [3.63, 3.8) is 0 Å². The fraction of sp³-hybridized carbons (Fsp3) is 0.550. The lowest BCUT2D eigenvalue weighted by Crippen LogP contribution is -2.32. The predicted molar refractivity (Wildman–Crippen MR) is 108 cm³/mol. The number of hydrogen-bond donors (Lipinski definition) is 1. The minimum absolute atomic E-state index is 0.0232.